The molecule has 0 bridgehead atoms. The summed E-state index contributed by atoms with van der Waals surface area (Å²) in [6, 6.07) is 10.3. The summed E-state index contributed by atoms with van der Waals surface area (Å²) in [5.74, 6) is 0. The van der Waals surface area contributed by atoms with Crippen LogP contribution >= 0.6 is 0 Å². The summed E-state index contributed by atoms with van der Waals surface area (Å²) in [5.41, 5.74) is 7.02. The van der Waals surface area contributed by atoms with Crippen molar-refractivity contribution in [3.63, 3.8) is 0 Å². The minimum atomic E-state index is -0.0498. The van der Waals surface area contributed by atoms with Crippen molar-refractivity contribution in [2.75, 3.05) is 20.3 Å². The highest BCUT2D eigenvalue weighted by Gasteiger charge is 2.20. The normalized spacial score (nSPS) is 14.7. The molecule has 0 aromatic heterocycles. The highest BCUT2D eigenvalue weighted by atomic mass is 16.5. The zero-order valence-electron chi connectivity index (χ0n) is 10.2. The monoisotopic (exact) mass is 222 g/mol. The number of hydrogen-bond donors (Lipinski definition) is 2. The van der Waals surface area contributed by atoms with E-state index >= 15 is 0 Å². The van der Waals surface area contributed by atoms with Crippen LogP contribution < -0.4 is 11.1 Å². The molecule has 0 saturated carbocycles. The molecule has 90 valence electrons. The van der Waals surface area contributed by atoms with Gasteiger partial charge in [0, 0.05) is 32.3 Å². The zero-order valence-corrected chi connectivity index (χ0v) is 10.2. The maximum atomic E-state index is 5.79. The quantitative estimate of drug-likeness (QED) is 0.735. The molecule has 0 aliphatic carbocycles. The van der Waals surface area contributed by atoms with Crippen LogP contribution in [-0.2, 0) is 11.3 Å². The third-order valence-electron chi connectivity index (χ3n) is 2.87. The lowest BCUT2D eigenvalue weighted by Crippen LogP contribution is -2.48. The first-order valence-electron chi connectivity index (χ1n) is 5.68. The largest absolute Gasteiger partial charge is 0.385 e. The molecule has 1 atom stereocenters. The van der Waals surface area contributed by atoms with Crippen molar-refractivity contribution < 1.29 is 4.74 Å². The molecule has 0 radical (unpaired) electrons. The third kappa shape index (κ3) is 4.31. The van der Waals surface area contributed by atoms with E-state index in [1.54, 1.807) is 7.11 Å². The van der Waals surface area contributed by atoms with Gasteiger partial charge in [0.05, 0.1) is 0 Å². The average molecular weight is 222 g/mol. The van der Waals surface area contributed by atoms with E-state index in [1.807, 2.05) is 18.2 Å². The molecule has 3 N–H and O–H groups in total. The average Bonchev–Trinajstić information content (AvgIpc) is 2.35. The maximum absolute atomic E-state index is 5.79. The van der Waals surface area contributed by atoms with Gasteiger partial charge in [-0.1, -0.05) is 30.3 Å². The van der Waals surface area contributed by atoms with Gasteiger partial charge in [-0.15, -0.1) is 0 Å². The molecule has 0 amide bonds. The number of hydrogen-bond acceptors (Lipinski definition) is 3. The van der Waals surface area contributed by atoms with Gasteiger partial charge < -0.3 is 15.8 Å². The van der Waals surface area contributed by atoms with Gasteiger partial charge in [-0.3, -0.25) is 0 Å². The Labute approximate surface area is 98.0 Å². The smallest absolute Gasteiger partial charge is 0.0480 e. The molecule has 0 spiro atoms. The van der Waals surface area contributed by atoms with Crippen LogP contribution in [0.5, 0.6) is 0 Å². The Hall–Kier alpha value is -0.900. The number of methoxy groups -OCH3 is 1. The fourth-order valence-electron chi connectivity index (χ4n) is 1.50. The van der Waals surface area contributed by atoms with Crippen LogP contribution in [0.15, 0.2) is 30.3 Å². The topological polar surface area (TPSA) is 47.3 Å². The summed E-state index contributed by atoms with van der Waals surface area (Å²) >= 11 is 0. The summed E-state index contributed by atoms with van der Waals surface area (Å²) in [4.78, 5) is 0. The van der Waals surface area contributed by atoms with Gasteiger partial charge in [-0.05, 0) is 18.9 Å². The zero-order chi connectivity index (χ0) is 11.9. The first kappa shape index (κ1) is 13.2. The molecule has 0 fully saturated rings. The Morgan fingerprint density at radius 3 is 2.56 bits per heavy atom. The van der Waals surface area contributed by atoms with E-state index in [0.717, 1.165) is 19.6 Å². The van der Waals surface area contributed by atoms with Crippen molar-refractivity contribution in [3.8, 4) is 0 Å². The molecular formula is C13H22N2O. The first-order chi connectivity index (χ1) is 7.70. The van der Waals surface area contributed by atoms with E-state index in [9.17, 15) is 0 Å². The van der Waals surface area contributed by atoms with Gasteiger partial charge in [0.25, 0.3) is 0 Å². The molecular weight excluding hydrogens is 200 g/mol. The number of ether oxygens (including phenoxy) is 1. The highest BCUT2D eigenvalue weighted by Crippen LogP contribution is 2.09. The van der Waals surface area contributed by atoms with Crippen molar-refractivity contribution >= 4 is 0 Å². The second-order valence-electron chi connectivity index (χ2n) is 4.35. The summed E-state index contributed by atoms with van der Waals surface area (Å²) in [6.07, 6.45) is 0.923. The summed E-state index contributed by atoms with van der Waals surface area (Å²) < 4.78 is 5.10. The SMILES string of the molecule is COCCC(C)(CN)NCc1ccccc1. The van der Waals surface area contributed by atoms with Crippen molar-refractivity contribution in [3.05, 3.63) is 35.9 Å². The van der Waals surface area contributed by atoms with E-state index < -0.39 is 0 Å². The molecule has 0 aliphatic heterocycles. The molecule has 0 aliphatic rings. The molecule has 3 nitrogen and oxygen atoms in total. The fraction of sp³-hybridized carbons (Fsp3) is 0.538. The van der Waals surface area contributed by atoms with E-state index in [2.05, 4.69) is 24.4 Å². The molecule has 1 unspecified atom stereocenters. The third-order valence-corrected chi connectivity index (χ3v) is 2.87. The molecule has 16 heavy (non-hydrogen) atoms. The van der Waals surface area contributed by atoms with Crippen molar-refractivity contribution in [2.45, 2.75) is 25.4 Å². The predicted octanol–water partition coefficient (Wildman–Crippen LogP) is 1.53. The Morgan fingerprint density at radius 2 is 2.00 bits per heavy atom. The van der Waals surface area contributed by atoms with E-state index in [-0.39, 0.29) is 5.54 Å². The second-order valence-corrected chi connectivity index (χ2v) is 4.35. The molecule has 0 heterocycles. The predicted molar refractivity (Wildman–Crippen MR) is 67.2 cm³/mol. The number of nitrogens with one attached hydrogen (secondary N) is 1. The van der Waals surface area contributed by atoms with E-state index in [4.69, 9.17) is 10.5 Å². The molecule has 1 aromatic rings. The fourth-order valence-corrected chi connectivity index (χ4v) is 1.50. The minimum absolute atomic E-state index is 0.0498. The summed E-state index contributed by atoms with van der Waals surface area (Å²) in [7, 11) is 1.72. The molecule has 0 saturated heterocycles. The van der Waals surface area contributed by atoms with Crippen LogP contribution in [0.4, 0.5) is 0 Å². The Balaban J connectivity index is 2.44. The van der Waals surface area contributed by atoms with Crippen molar-refractivity contribution in [1.29, 1.82) is 0 Å². The van der Waals surface area contributed by atoms with Gasteiger partial charge in [0.1, 0.15) is 0 Å². The Morgan fingerprint density at radius 1 is 1.31 bits per heavy atom. The van der Waals surface area contributed by atoms with Gasteiger partial charge >= 0.3 is 0 Å². The number of benzene rings is 1. The summed E-state index contributed by atoms with van der Waals surface area (Å²) in [6.45, 7) is 4.33. The van der Waals surface area contributed by atoms with E-state index in [0.29, 0.717) is 6.54 Å². The van der Waals surface area contributed by atoms with Crippen LogP contribution in [0, 0.1) is 0 Å². The van der Waals surface area contributed by atoms with Gasteiger partial charge in [0.15, 0.2) is 0 Å². The molecule has 3 heteroatoms. The standard InChI is InChI=1S/C13H22N2O/c1-13(11-14,8-9-16-2)15-10-12-6-4-3-5-7-12/h3-7,15H,8-11,14H2,1-2H3. The van der Waals surface area contributed by atoms with Gasteiger partial charge in [-0.25, -0.2) is 0 Å². The minimum Gasteiger partial charge on any atom is -0.385 e. The molecule has 1 aromatic carbocycles. The Bertz CT molecular complexity index is 289. The first-order valence-corrected chi connectivity index (χ1v) is 5.68. The summed E-state index contributed by atoms with van der Waals surface area (Å²) in [5, 5.41) is 3.49. The van der Waals surface area contributed by atoms with Crippen LogP contribution in [0.2, 0.25) is 0 Å². The molecule has 1 rings (SSSR count). The second kappa shape index (κ2) is 6.63. The van der Waals surface area contributed by atoms with E-state index in [1.165, 1.54) is 5.56 Å². The highest BCUT2D eigenvalue weighted by molar-refractivity contribution is 5.14. The number of nitrogens with two attached hydrogens (primary N) is 1. The lowest BCUT2D eigenvalue weighted by Gasteiger charge is -2.29. The van der Waals surface area contributed by atoms with Crippen LogP contribution in [0.1, 0.15) is 18.9 Å². The van der Waals surface area contributed by atoms with Crippen molar-refractivity contribution in [1.82, 2.24) is 5.32 Å². The Kier molecular flexibility index (Phi) is 5.46. The van der Waals surface area contributed by atoms with Crippen LogP contribution in [-0.4, -0.2) is 25.8 Å². The van der Waals surface area contributed by atoms with Crippen LogP contribution in [0.25, 0.3) is 0 Å². The van der Waals surface area contributed by atoms with Crippen molar-refractivity contribution in [2.24, 2.45) is 5.73 Å². The number of rotatable bonds is 7. The maximum Gasteiger partial charge on any atom is 0.0480 e. The lowest BCUT2D eigenvalue weighted by atomic mass is 9.98. The van der Waals surface area contributed by atoms with Gasteiger partial charge in [-0.2, -0.15) is 0 Å². The van der Waals surface area contributed by atoms with Gasteiger partial charge in [0.2, 0.25) is 0 Å². The lowest BCUT2D eigenvalue weighted by molar-refractivity contribution is 0.161. The van der Waals surface area contributed by atoms with Crippen LogP contribution in [0.3, 0.4) is 0 Å².